The number of hydrogen-bond acceptors (Lipinski definition) is 5. The van der Waals surface area contributed by atoms with Crippen LogP contribution in [0.15, 0.2) is 9.59 Å². The zero-order valence-electron chi connectivity index (χ0n) is 15.5. The summed E-state index contributed by atoms with van der Waals surface area (Å²) in [5, 5.41) is 0. The van der Waals surface area contributed by atoms with E-state index in [1.54, 1.807) is 14.2 Å². The number of aryl methyl sites for hydroxylation is 1. The van der Waals surface area contributed by atoms with Crippen molar-refractivity contribution < 1.29 is 4.74 Å². The van der Waals surface area contributed by atoms with Gasteiger partial charge in [-0.05, 0) is 25.3 Å². The number of imidazole rings is 1. The fraction of sp³-hybridized carbons (Fsp3) is 0.706. The Morgan fingerprint density at radius 3 is 2.68 bits per heavy atom. The number of aromatic nitrogens is 4. The third kappa shape index (κ3) is 3.28. The molecule has 0 bridgehead atoms. The highest BCUT2D eigenvalue weighted by Crippen LogP contribution is 2.19. The molecule has 0 saturated carbocycles. The summed E-state index contributed by atoms with van der Waals surface area (Å²) in [6.07, 6.45) is 2.44. The maximum absolute atomic E-state index is 12.7. The molecule has 0 N–H and O–H groups in total. The largest absolute Gasteiger partial charge is 0.383 e. The highest BCUT2D eigenvalue weighted by Gasteiger charge is 2.22. The zero-order chi connectivity index (χ0) is 18.1. The average Bonchev–Trinajstić information content (AvgIpc) is 2.94. The molecule has 25 heavy (non-hydrogen) atoms. The number of rotatable bonds is 5. The SMILES string of the molecule is COCCn1c(CN2CCC[C@H](C)C2)nc2c1c(=O)n(C)c(=O)n2C. The number of ether oxygens (including phenoxy) is 1. The second-order valence-electron chi connectivity index (χ2n) is 7.03. The molecule has 0 aromatic carbocycles. The maximum Gasteiger partial charge on any atom is 0.332 e. The number of nitrogens with zero attached hydrogens (tertiary/aromatic N) is 5. The van der Waals surface area contributed by atoms with E-state index in [9.17, 15) is 9.59 Å². The van der Waals surface area contributed by atoms with Crippen LogP contribution in [0.4, 0.5) is 0 Å². The van der Waals surface area contributed by atoms with Gasteiger partial charge in [0.25, 0.3) is 5.56 Å². The average molecular weight is 349 g/mol. The minimum Gasteiger partial charge on any atom is -0.383 e. The first kappa shape index (κ1) is 17.9. The number of methoxy groups -OCH3 is 1. The predicted octanol–water partition coefficient (Wildman–Crippen LogP) is 0.312. The summed E-state index contributed by atoms with van der Waals surface area (Å²) in [5.74, 6) is 1.49. The second kappa shape index (κ2) is 7.13. The van der Waals surface area contributed by atoms with Crippen LogP contribution in [-0.4, -0.2) is 50.4 Å². The molecule has 1 atom stereocenters. The van der Waals surface area contributed by atoms with E-state index < -0.39 is 0 Å². The molecule has 0 amide bonds. The molecule has 2 aromatic rings. The lowest BCUT2D eigenvalue weighted by molar-refractivity contribution is 0.165. The standard InChI is InChI=1S/C17H27N5O3/c1-12-6-5-7-21(10-12)11-13-18-15-14(22(13)8-9-25-4)16(23)20(3)17(24)19(15)2/h12H,5-11H2,1-4H3/t12-/m0/s1. The quantitative estimate of drug-likeness (QED) is 0.777. The van der Waals surface area contributed by atoms with Gasteiger partial charge in [-0.2, -0.15) is 0 Å². The van der Waals surface area contributed by atoms with Crippen molar-refractivity contribution in [2.75, 3.05) is 26.8 Å². The van der Waals surface area contributed by atoms with Gasteiger partial charge in [0.2, 0.25) is 0 Å². The van der Waals surface area contributed by atoms with Crippen LogP contribution >= 0.6 is 0 Å². The summed E-state index contributed by atoms with van der Waals surface area (Å²) in [6.45, 7) is 6.04. The normalized spacial score (nSPS) is 19.0. The van der Waals surface area contributed by atoms with Crippen LogP contribution in [0.2, 0.25) is 0 Å². The Kier molecular flexibility index (Phi) is 5.10. The van der Waals surface area contributed by atoms with Gasteiger partial charge in [-0.15, -0.1) is 0 Å². The zero-order valence-corrected chi connectivity index (χ0v) is 15.5. The molecule has 1 aliphatic rings. The molecule has 3 rings (SSSR count). The lowest BCUT2D eigenvalue weighted by atomic mass is 10.0. The fourth-order valence-corrected chi connectivity index (χ4v) is 3.67. The Bertz CT molecular complexity index is 879. The van der Waals surface area contributed by atoms with Crippen LogP contribution in [0.1, 0.15) is 25.6 Å². The van der Waals surface area contributed by atoms with Crippen molar-refractivity contribution in [1.29, 1.82) is 0 Å². The first-order valence-corrected chi connectivity index (χ1v) is 8.80. The van der Waals surface area contributed by atoms with E-state index in [0.29, 0.717) is 36.8 Å². The third-order valence-electron chi connectivity index (χ3n) is 5.05. The van der Waals surface area contributed by atoms with Crippen LogP contribution in [0.25, 0.3) is 11.2 Å². The van der Waals surface area contributed by atoms with Crippen LogP contribution in [0.3, 0.4) is 0 Å². The molecular weight excluding hydrogens is 322 g/mol. The number of likely N-dealkylation sites (tertiary alicyclic amines) is 1. The van der Waals surface area contributed by atoms with Crippen molar-refractivity contribution in [3.8, 4) is 0 Å². The molecular formula is C17H27N5O3. The summed E-state index contributed by atoms with van der Waals surface area (Å²) < 4.78 is 9.71. The van der Waals surface area contributed by atoms with Gasteiger partial charge in [-0.1, -0.05) is 6.92 Å². The number of piperidine rings is 1. The van der Waals surface area contributed by atoms with Crippen molar-refractivity contribution in [2.45, 2.75) is 32.9 Å². The summed E-state index contributed by atoms with van der Waals surface area (Å²) >= 11 is 0. The van der Waals surface area contributed by atoms with Crippen LogP contribution in [0.5, 0.6) is 0 Å². The van der Waals surface area contributed by atoms with Gasteiger partial charge in [0.05, 0.1) is 13.2 Å². The Morgan fingerprint density at radius 2 is 2.00 bits per heavy atom. The van der Waals surface area contributed by atoms with Crippen molar-refractivity contribution in [3.63, 3.8) is 0 Å². The van der Waals surface area contributed by atoms with Crippen molar-refractivity contribution in [2.24, 2.45) is 20.0 Å². The van der Waals surface area contributed by atoms with Gasteiger partial charge < -0.3 is 9.30 Å². The molecule has 138 valence electrons. The Labute approximate surface area is 146 Å². The Balaban J connectivity index is 2.10. The Hall–Kier alpha value is -1.93. The van der Waals surface area contributed by atoms with E-state index in [-0.39, 0.29) is 11.2 Å². The third-order valence-corrected chi connectivity index (χ3v) is 5.05. The van der Waals surface area contributed by atoms with Crippen LogP contribution < -0.4 is 11.2 Å². The highest BCUT2D eigenvalue weighted by molar-refractivity contribution is 5.71. The van der Waals surface area contributed by atoms with Crippen LogP contribution in [0, 0.1) is 5.92 Å². The van der Waals surface area contributed by atoms with Gasteiger partial charge in [-0.3, -0.25) is 18.8 Å². The maximum atomic E-state index is 12.7. The minimum absolute atomic E-state index is 0.306. The van der Waals surface area contributed by atoms with Gasteiger partial charge in [0, 0.05) is 34.3 Å². The molecule has 1 aliphatic heterocycles. The van der Waals surface area contributed by atoms with Gasteiger partial charge in [-0.25, -0.2) is 9.78 Å². The summed E-state index contributed by atoms with van der Waals surface area (Å²) in [4.78, 5) is 31.9. The topological polar surface area (TPSA) is 74.3 Å². The van der Waals surface area contributed by atoms with Gasteiger partial charge >= 0.3 is 5.69 Å². The monoisotopic (exact) mass is 349 g/mol. The van der Waals surface area contributed by atoms with Gasteiger partial charge in [0.1, 0.15) is 5.82 Å². The molecule has 8 heteroatoms. The van der Waals surface area contributed by atoms with E-state index in [0.717, 1.165) is 23.5 Å². The smallest absolute Gasteiger partial charge is 0.332 e. The van der Waals surface area contributed by atoms with E-state index in [1.165, 1.54) is 24.5 Å². The van der Waals surface area contributed by atoms with Crippen molar-refractivity contribution in [3.05, 3.63) is 26.7 Å². The number of hydrogen-bond donors (Lipinski definition) is 0. The second-order valence-corrected chi connectivity index (χ2v) is 7.03. The first-order valence-electron chi connectivity index (χ1n) is 8.80. The summed E-state index contributed by atoms with van der Waals surface area (Å²) in [6, 6.07) is 0. The predicted molar refractivity (Wildman–Crippen MR) is 95.8 cm³/mol. The van der Waals surface area contributed by atoms with Crippen molar-refractivity contribution in [1.82, 2.24) is 23.6 Å². The molecule has 1 saturated heterocycles. The minimum atomic E-state index is -0.355. The van der Waals surface area contributed by atoms with E-state index in [1.807, 2.05) is 4.57 Å². The molecule has 0 radical (unpaired) electrons. The van der Waals surface area contributed by atoms with Crippen LogP contribution in [-0.2, 0) is 31.9 Å². The van der Waals surface area contributed by atoms with E-state index in [4.69, 9.17) is 4.74 Å². The summed E-state index contributed by atoms with van der Waals surface area (Å²) in [7, 11) is 4.80. The van der Waals surface area contributed by atoms with Crippen molar-refractivity contribution >= 4 is 11.2 Å². The van der Waals surface area contributed by atoms with Gasteiger partial charge in [0.15, 0.2) is 11.2 Å². The van der Waals surface area contributed by atoms with E-state index in [2.05, 4.69) is 16.8 Å². The molecule has 3 heterocycles. The lowest BCUT2D eigenvalue weighted by Gasteiger charge is -2.30. The Morgan fingerprint density at radius 1 is 1.24 bits per heavy atom. The molecule has 0 aliphatic carbocycles. The molecule has 0 unspecified atom stereocenters. The number of fused-ring (bicyclic) bond motifs is 1. The lowest BCUT2D eigenvalue weighted by Crippen LogP contribution is -2.37. The summed E-state index contributed by atoms with van der Waals surface area (Å²) in [5.41, 5.74) is 0.262. The highest BCUT2D eigenvalue weighted by atomic mass is 16.5. The first-order chi connectivity index (χ1) is 11.9. The van der Waals surface area contributed by atoms with E-state index >= 15 is 0 Å². The molecule has 2 aromatic heterocycles. The molecule has 8 nitrogen and oxygen atoms in total. The fourth-order valence-electron chi connectivity index (χ4n) is 3.67. The molecule has 1 fully saturated rings. The molecule has 0 spiro atoms.